The molecule has 0 aliphatic rings. The van der Waals surface area contributed by atoms with Crippen LogP contribution in [0.5, 0.6) is 0 Å². The van der Waals surface area contributed by atoms with Gasteiger partial charge in [0.2, 0.25) is 0 Å². The maximum Gasteiger partial charge on any atom is 0.316 e. The van der Waals surface area contributed by atoms with E-state index in [-0.39, 0.29) is 6.61 Å². The second kappa shape index (κ2) is 4.29. The predicted octanol–water partition coefficient (Wildman–Crippen LogP) is 1.59. The molecule has 0 aromatic heterocycles. The molecule has 3 nitrogen and oxygen atoms in total. The van der Waals surface area contributed by atoms with E-state index >= 15 is 0 Å². The lowest BCUT2D eigenvalue weighted by molar-refractivity contribution is 0.272. The molecule has 0 aliphatic heterocycles. The van der Waals surface area contributed by atoms with Crippen molar-refractivity contribution < 1.29 is 14.0 Å². The first-order chi connectivity index (χ1) is 5.29. The molecule has 4 heteroatoms. The van der Waals surface area contributed by atoms with Crippen molar-refractivity contribution in [3.8, 4) is 0 Å². The van der Waals surface area contributed by atoms with Crippen LogP contribution >= 0.6 is 8.25 Å². The third-order valence-corrected chi connectivity index (χ3v) is 1.60. The van der Waals surface area contributed by atoms with Crippen LogP contribution in [-0.4, -0.2) is 4.89 Å². The van der Waals surface area contributed by atoms with Crippen LogP contribution in [-0.2, 0) is 15.7 Å². The average molecular weight is 172 g/mol. The third-order valence-electron chi connectivity index (χ3n) is 1.21. The number of benzene rings is 1. The summed E-state index contributed by atoms with van der Waals surface area (Å²) in [6, 6.07) is 9.27. The Kier molecular flexibility index (Phi) is 3.30. The van der Waals surface area contributed by atoms with E-state index in [9.17, 15) is 4.57 Å². The van der Waals surface area contributed by atoms with Crippen LogP contribution in [0.3, 0.4) is 0 Å². The zero-order chi connectivity index (χ0) is 8.10. The summed E-state index contributed by atoms with van der Waals surface area (Å²) in [6.07, 6.45) is 0. The Morgan fingerprint density at radius 1 is 1.36 bits per heavy atom. The minimum Gasteiger partial charge on any atom is -0.326 e. The molecule has 11 heavy (non-hydrogen) atoms. The molecule has 0 saturated heterocycles. The molecule has 0 saturated carbocycles. The smallest absolute Gasteiger partial charge is 0.316 e. The minimum absolute atomic E-state index is 0.204. The zero-order valence-electron chi connectivity index (χ0n) is 5.86. The van der Waals surface area contributed by atoms with Crippen LogP contribution in [0.2, 0.25) is 0 Å². The van der Waals surface area contributed by atoms with Gasteiger partial charge in [-0.05, 0) is 5.56 Å². The van der Waals surface area contributed by atoms with Crippen molar-refractivity contribution >= 4 is 8.25 Å². The van der Waals surface area contributed by atoms with Crippen molar-refractivity contribution in [1.29, 1.82) is 0 Å². The number of rotatable bonds is 3. The van der Waals surface area contributed by atoms with Gasteiger partial charge in [-0.2, -0.15) is 0 Å². The lowest BCUT2D eigenvalue weighted by atomic mass is 10.2. The second-order valence-electron chi connectivity index (χ2n) is 2.04. The first-order valence-electron chi connectivity index (χ1n) is 3.18. The first kappa shape index (κ1) is 8.47. The summed E-state index contributed by atoms with van der Waals surface area (Å²) in [7, 11) is -2.78. The molecular weight excluding hydrogens is 163 g/mol. The fourth-order valence-corrected chi connectivity index (χ4v) is 1.01. The van der Waals surface area contributed by atoms with Gasteiger partial charge in [-0.15, -0.1) is 0 Å². The van der Waals surface area contributed by atoms with E-state index in [2.05, 4.69) is 4.52 Å². The molecule has 0 bridgehead atoms. The maximum atomic E-state index is 10.1. The molecule has 0 radical (unpaired) electrons. The Hall–Kier alpha value is -0.630. The van der Waals surface area contributed by atoms with E-state index in [1.165, 1.54) is 0 Å². The molecule has 0 spiro atoms. The summed E-state index contributed by atoms with van der Waals surface area (Å²) >= 11 is 0. The van der Waals surface area contributed by atoms with E-state index in [0.717, 1.165) is 5.56 Å². The van der Waals surface area contributed by atoms with E-state index in [4.69, 9.17) is 4.89 Å². The van der Waals surface area contributed by atoms with Gasteiger partial charge >= 0.3 is 8.25 Å². The highest BCUT2D eigenvalue weighted by atomic mass is 31.1. The summed E-state index contributed by atoms with van der Waals surface area (Å²) in [5.74, 6) is 0. The fourth-order valence-electron chi connectivity index (χ4n) is 0.719. The van der Waals surface area contributed by atoms with Gasteiger partial charge in [-0.1, -0.05) is 30.3 Å². The van der Waals surface area contributed by atoms with Gasteiger partial charge in [0.15, 0.2) is 0 Å². The molecule has 60 valence electrons. The summed E-state index contributed by atoms with van der Waals surface area (Å²) < 4.78 is 14.7. The highest BCUT2D eigenvalue weighted by Gasteiger charge is 1.93. The van der Waals surface area contributed by atoms with Crippen LogP contribution in [0.4, 0.5) is 0 Å². The van der Waals surface area contributed by atoms with E-state index in [1.807, 2.05) is 30.3 Å². The van der Waals surface area contributed by atoms with E-state index in [1.54, 1.807) is 0 Å². The van der Waals surface area contributed by atoms with E-state index < -0.39 is 8.25 Å². The van der Waals surface area contributed by atoms with E-state index in [0.29, 0.717) is 0 Å². The maximum absolute atomic E-state index is 10.1. The predicted molar refractivity (Wildman–Crippen MR) is 42.5 cm³/mol. The number of hydrogen-bond donors (Lipinski definition) is 1. The summed E-state index contributed by atoms with van der Waals surface area (Å²) in [5, 5.41) is 0. The molecule has 0 heterocycles. The summed E-state index contributed by atoms with van der Waals surface area (Å²) in [6.45, 7) is 0.204. The summed E-state index contributed by atoms with van der Waals surface area (Å²) in [5.41, 5.74) is 0.903. The second-order valence-corrected chi connectivity index (χ2v) is 2.86. The van der Waals surface area contributed by atoms with Gasteiger partial charge in [0, 0.05) is 0 Å². The molecule has 1 atom stereocenters. The van der Waals surface area contributed by atoms with Crippen LogP contribution in [0, 0.1) is 0 Å². The Morgan fingerprint density at radius 3 is 2.55 bits per heavy atom. The fraction of sp³-hybridized carbons (Fsp3) is 0.143. The SMILES string of the molecule is O=[PH](O)OCc1ccccc1. The largest absolute Gasteiger partial charge is 0.326 e. The highest BCUT2D eigenvalue weighted by molar-refractivity contribution is 7.32. The molecule has 1 aromatic rings. The number of hydrogen-bond acceptors (Lipinski definition) is 2. The van der Waals surface area contributed by atoms with Crippen molar-refractivity contribution in [1.82, 2.24) is 0 Å². The van der Waals surface area contributed by atoms with Gasteiger partial charge in [0.05, 0.1) is 6.61 Å². The zero-order valence-corrected chi connectivity index (χ0v) is 6.86. The quantitative estimate of drug-likeness (QED) is 0.704. The molecule has 0 amide bonds. The van der Waals surface area contributed by atoms with Gasteiger partial charge in [0.25, 0.3) is 0 Å². The first-order valence-corrected chi connectivity index (χ1v) is 4.45. The molecule has 1 aromatic carbocycles. The average Bonchev–Trinajstić information content (AvgIpc) is 2.03. The Bertz CT molecular complexity index is 235. The highest BCUT2D eigenvalue weighted by Crippen LogP contribution is 2.17. The van der Waals surface area contributed by atoms with Crippen molar-refractivity contribution in [2.45, 2.75) is 6.61 Å². The van der Waals surface area contributed by atoms with Gasteiger partial charge in [-0.3, -0.25) is 4.57 Å². The van der Waals surface area contributed by atoms with Crippen LogP contribution in [0.1, 0.15) is 5.56 Å². The van der Waals surface area contributed by atoms with Crippen molar-refractivity contribution in [2.75, 3.05) is 0 Å². The van der Waals surface area contributed by atoms with Crippen LogP contribution in [0.25, 0.3) is 0 Å². The molecular formula is C7H9O3P. The lowest BCUT2D eigenvalue weighted by Crippen LogP contribution is -1.83. The van der Waals surface area contributed by atoms with Gasteiger partial charge in [-0.25, -0.2) is 0 Å². The molecule has 0 aliphatic carbocycles. The Balaban J connectivity index is 2.45. The monoisotopic (exact) mass is 172 g/mol. The molecule has 1 N–H and O–H groups in total. The van der Waals surface area contributed by atoms with Crippen molar-refractivity contribution in [2.24, 2.45) is 0 Å². The minimum atomic E-state index is -2.78. The van der Waals surface area contributed by atoms with Gasteiger partial charge < -0.3 is 9.42 Å². The standard InChI is InChI=1S/C7H9O3P/c8-11(9)10-6-7-4-2-1-3-5-7/h1-5,11H,6H2,(H,8,9). The van der Waals surface area contributed by atoms with Gasteiger partial charge in [0.1, 0.15) is 0 Å². The third kappa shape index (κ3) is 3.33. The molecule has 1 rings (SSSR count). The normalized spacial score (nSPS) is 12.8. The van der Waals surface area contributed by atoms with Crippen molar-refractivity contribution in [3.63, 3.8) is 0 Å². The Morgan fingerprint density at radius 2 is 2.00 bits per heavy atom. The topological polar surface area (TPSA) is 46.5 Å². The van der Waals surface area contributed by atoms with Crippen LogP contribution < -0.4 is 0 Å². The lowest BCUT2D eigenvalue weighted by Gasteiger charge is -1.98. The van der Waals surface area contributed by atoms with Crippen LogP contribution in [0.15, 0.2) is 30.3 Å². The Labute approximate surface area is 65.6 Å². The molecule has 0 fully saturated rings. The summed E-state index contributed by atoms with van der Waals surface area (Å²) in [4.78, 5) is 8.34. The molecule has 1 unspecified atom stereocenters. The van der Waals surface area contributed by atoms with Crippen molar-refractivity contribution in [3.05, 3.63) is 35.9 Å².